The second-order valence-corrected chi connectivity index (χ2v) is 6.98. The highest BCUT2D eigenvalue weighted by Crippen LogP contribution is 2.36. The zero-order chi connectivity index (χ0) is 19.3. The Kier molecular flexibility index (Phi) is 5.75. The summed E-state index contributed by atoms with van der Waals surface area (Å²) in [6, 6.07) is 11.7. The summed E-state index contributed by atoms with van der Waals surface area (Å²) in [6.45, 7) is 0.369. The third-order valence-electron chi connectivity index (χ3n) is 3.95. The van der Waals surface area contributed by atoms with Gasteiger partial charge in [-0.1, -0.05) is 30.0 Å². The minimum absolute atomic E-state index is 0.0739. The topological polar surface area (TPSA) is 86.8 Å². The SMILES string of the molecule is O[C@@H](COCc1ccccc1F)CSc1nnc(-c2ccc3c(c2)OCO3)o1. The smallest absolute Gasteiger partial charge is 0.276 e. The molecule has 0 amide bonds. The van der Waals surface area contributed by atoms with Gasteiger partial charge in [0.25, 0.3) is 5.22 Å². The van der Waals surface area contributed by atoms with E-state index < -0.39 is 6.10 Å². The average Bonchev–Trinajstić information content (AvgIpc) is 3.36. The molecule has 4 rings (SSSR count). The number of thioether (sulfide) groups is 1. The van der Waals surface area contributed by atoms with E-state index in [0.717, 1.165) is 5.56 Å². The molecule has 1 atom stereocenters. The number of aliphatic hydroxyl groups is 1. The van der Waals surface area contributed by atoms with Gasteiger partial charge in [0.15, 0.2) is 11.5 Å². The van der Waals surface area contributed by atoms with Gasteiger partial charge in [-0.3, -0.25) is 0 Å². The number of ether oxygens (including phenoxy) is 3. The molecule has 0 saturated carbocycles. The molecule has 0 fully saturated rings. The number of halogens is 1. The third-order valence-corrected chi connectivity index (χ3v) is 4.91. The summed E-state index contributed by atoms with van der Waals surface area (Å²) in [4.78, 5) is 0. The van der Waals surface area contributed by atoms with Gasteiger partial charge in [-0.25, -0.2) is 4.39 Å². The first-order chi connectivity index (χ1) is 13.7. The van der Waals surface area contributed by atoms with Crippen LogP contribution in [0.15, 0.2) is 52.1 Å². The number of hydrogen-bond acceptors (Lipinski definition) is 8. The molecule has 1 aliphatic heterocycles. The van der Waals surface area contributed by atoms with E-state index in [4.69, 9.17) is 18.6 Å². The lowest BCUT2D eigenvalue weighted by atomic mass is 10.2. The third kappa shape index (κ3) is 4.44. The van der Waals surface area contributed by atoms with Gasteiger partial charge in [-0.15, -0.1) is 10.2 Å². The predicted molar refractivity (Wildman–Crippen MR) is 98.6 cm³/mol. The van der Waals surface area contributed by atoms with Crippen LogP contribution in [0.5, 0.6) is 11.5 Å². The van der Waals surface area contributed by atoms with Crippen molar-refractivity contribution in [2.45, 2.75) is 17.9 Å². The summed E-state index contributed by atoms with van der Waals surface area (Å²) in [6.07, 6.45) is -0.752. The van der Waals surface area contributed by atoms with Crippen LogP contribution in [0.3, 0.4) is 0 Å². The molecule has 1 aliphatic rings. The second-order valence-electron chi connectivity index (χ2n) is 6.01. The lowest BCUT2D eigenvalue weighted by Gasteiger charge is -2.10. The Bertz CT molecular complexity index is 952. The first-order valence-electron chi connectivity index (χ1n) is 8.54. The second kappa shape index (κ2) is 8.59. The molecule has 0 aliphatic carbocycles. The highest BCUT2D eigenvalue weighted by atomic mass is 32.2. The number of benzene rings is 2. The molecule has 146 valence electrons. The Morgan fingerprint density at radius 1 is 1.14 bits per heavy atom. The van der Waals surface area contributed by atoms with Crippen molar-refractivity contribution < 1.29 is 28.1 Å². The lowest BCUT2D eigenvalue weighted by Crippen LogP contribution is -2.18. The van der Waals surface area contributed by atoms with E-state index in [1.165, 1.54) is 17.8 Å². The number of rotatable bonds is 8. The van der Waals surface area contributed by atoms with Crippen molar-refractivity contribution in [3.63, 3.8) is 0 Å². The summed E-state index contributed by atoms with van der Waals surface area (Å²) in [5, 5.41) is 18.3. The van der Waals surface area contributed by atoms with Gasteiger partial charge in [0.05, 0.1) is 19.3 Å². The molecule has 2 aromatic carbocycles. The standard InChI is InChI=1S/C19H17FN2O5S/c20-15-4-2-1-3-13(15)8-24-9-14(23)10-28-19-22-21-18(27-19)12-5-6-16-17(7-12)26-11-25-16/h1-7,14,23H,8-11H2/t14-/m0/s1. The highest BCUT2D eigenvalue weighted by Gasteiger charge is 2.17. The van der Waals surface area contributed by atoms with Gasteiger partial charge in [-0.2, -0.15) is 0 Å². The Morgan fingerprint density at radius 3 is 2.89 bits per heavy atom. The van der Waals surface area contributed by atoms with Crippen molar-refractivity contribution in [2.75, 3.05) is 19.2 Å². The maximum atomic E-state index is 13.5. The van der Waals surface area contributed by atoms with E-state index >= 15 is 0 Å². The average molecular weight is 404 g/mol. The molecule has 1 aromatic heterocycles. The molecule has 0 bridgehead atoms. The van der Waals surface area contributed by atoms with Crippen LogP contribution in [0.25, 0.3) is 11.5 Å². The van der Waals surface area contributed by atoms with Crippen LogP contribution in [0.1, 0.15) is 5.56 Å². The van der Waals surface area contributed by atoms with E-state index in [-0.39, 0.29) is 25.8 Å². The van der Waals surface area contributed by atoms with Gasteiger partial charge in [-0.05, 0) is 24.3 Å². The summed E-state index contributed by atoms with van der Waals surface area (Å²) in [5.74, 6) is 1.64. The number of hydrogen-bond donors (Lipinski definition) is 1. The highest BCUT2D eigenvalue weighted by molar-refractivity contribution is 7.99. The van der Waals surface area contributed by atoms with Crippen LogP contribution in [0, 0.1) is 5.82 Å². The fourth-order valence-electron chi connectivity index (χ4n) is 2.55. The number of nitrogens with zero attached hydrogens (tertiary/aromatic N) is 2. The maximum Gasteiger partial charge on any atom is 0.276 e. The molecule has 0 unspecified atom stereocenters. The molecule has 3 aromatic rings. The van der Waals surface area contributed by atoms with Crippen LogP contribution < -0.4 is 9.47 Å². The summed E-state index contributed by atoms with van der Waals surface area (Å²) >= 11 is 1.22. The Labute approximate surface area is 164 Å². The fraction of sp³-hybridized carbons (Fsp3) is 0.263. The van der Waals surface area contributed by atoms with Gasteiger partial charge in [0.2, 0.25) is 12.7 Å². The molecule has 0 spiro atoms. The molecular formula is C19H17FN2O5S. The maximum absolute atomic E-state index is 13.5. The van der Waals surface area contributed by atoms with Crippen LogP contribution in [-0.4, -0.2) is 40.6 Å². The van der Waals surface area contributed by atoms with Gasteiger partial charge >= 0.3 is 0 Å². The summed E-state index contributed by atoms with van der Waals surface area (Å²) in [5.41, 5.74) is 1.17. The van der Waals surface area contributed by atoms with Gasteiger partial charge in [0, 0.05) is 16.9 Å². The molecule has 0 radical (unpaired) electrons. The fourth-order valence-corrected chi connectivity index (χ4v) is 3.22. The van der Waals surface area contributed by atoms with E-state index in [1.54, 1.807) is 36.4 Å². The molecule has 28 heavy (non-hydrogen) atoms. The molecule has 9 heteroatoms. The van der Waals surface area contributed by atoms with Crippen molar-refractivity contribution in [1.82, 2.24) is 10.2 Å². The van der Waals surface area contributed by atoms with Crippen molar-refractivity contribution in [2.24, 2.45) is 0 Å². The van der Waals surface area contributed by atoms with E-state index in [1.807, 2.05) is 0 Å². The van der Waals surface area contributed by atoms with Crippen molar-refractivity contribution >= 4 is 11.8 Å². The number of aromatic nitrogens is 2. The van der Waals surface area contributed by atoms with Crippen LogP contribution in [-0.2, 0) is 11.3 Å². The van der Waals surface area contributed by atoms with Crippen LogP contribution in [0.4, 0.5) is 4.39 Å². The normalized spacial score (nSPS) is 13.6. The Hall–Kier alpha value is -2.62. The minimum Gasteiger partial charge on any atom is -0.454 e. The zero-order valence-electron chi connectivity index (χ0n) is 14.7. The van der Waals surface area contributed by atoms with Crippen molar-refractivity contribution in [3.05, 3.63) is 53.8 Å². The first-order valence-corrected chi connectivity index (χ1v) is 9.53. The Balaban J connectivity index is 1.26. The molecule has 7 nitrogen and oxygen atoms in total. The lowest BCUT2D eigenvalue weighted by molar-refractivity contribution is 0.0386. The monoisotopic (exact) mass is 404 g/mol. The van der Waals surface area contributed by atoms with Crippen LogP contribution >= 0.6 is 11.8 Å². The summed E-state index contributed by atoms with van der Waals surface area (Å²) < 4.78 is 35.1. The van der Waals surface area contributed by atoms with E-state index in [2.05, 4.69) is 10.2 Å². The largest absolute Gasteiger partial charge is 0.454 e. The molecule has 0 saturated heterocycles. The van der Waals surface area contributed by atoms with Gasteiger partial charge < -0.3 is 23.7 Å². The van der Waals surface area contributed by atoms with Crippen molar-refractivity contribution in [3.8, 4) is 23.0 Å². The quantitative estimate of drug-likeness (QED) is 0.573. The predicted octanol–water partition coefficient (Wildman–Crippen LogP) is 3.27. The van der Waals surface area contributed by atoms with E-state index in [9.17, 15) is 9.50 Å². The zero-order valence-corrected chi connectivity index (χ0v) is 15.5. The molecular weight excluding hydrogens is 387 g/mol. The van der Waals surface area contributed by atoms with Crippen LogP contribution in [0.2, 0.25) is 0 Å². The van der Waals surface area contributed by atoms with Gasteiger partial charge in [0.1, 0.15) is 5.82 Å². The molecule has 1 N–H and O–H groups in total. The minimum atomic E-state index is -0.752. The number of fused-ring (bicyclic) bond motifs is 1. The number of aliphatic hydroxyl groups excluding tert-OH is 1. The molecule has 2 heterocycles. The first kappa shape index (κ1) is 18.7. The van der Waals surface area contributed by atoms with E-state index in [0.29, 0.717) is 33.9 Å². The summed E-state index contributed by atoms with van der Waals surface area (Å²) in [7, 11) is 0. The van der Waals surface area contributed by atoms with Crippen molar-refractivity contribution in [1.29, 1.82) is 0 Å². The Morgan fingerprint density at radius 2 is 2.00 bits per heavy atom.